The summed E-state index contributed by atoms with van der Waals surface area (Å²) in [4.78, 5) is 37.7. The molecule has 1 atom stereocenters. The SMILES string of the molecule is COC(=O)C1CC2(C1)CN(C(=O)NCc1ccc3ccccc3c1)CC2C(=O)O. The largest absolute Gasteiger partial charge is 0.481 e. The molecule has 2 aliphatic rings. The predicted molar refractivity (Wildman–Crippen MR) is 106 cm³/mol. The molecule has 7 nitrogen and oxygen atoms in total. The fraction of sp³-hybridized carbons (Fsp3) is 0.409. The van der Waals surface area contributed by atoms with Gasteiger partial charge in [0, 0.05) is 25.0 Å². The average molecular weight is 396 g/mol. The molecule has 1 spiro atoms. The topological polar surface area (TPSA) is 95.9 Å². The number of hydrogen-bond acceptors (Lipinski definition) is 4. The molecule has 0 bridgehead atoms. The van der Waals surface area contributed by atoms with E-state index in [1.165, 1.54) is 7.11 Å². The number of carboxylic acid groups (broad SMARTS) is 1. The van der Waals surface area contributed by atoms with Crippen LogP contribution in [-0.2, 0) is 20.9 Å². The van der Waals surface area contributed by atoms with Gasteiger partial charge < -0.3 is 20.1 Å². The first-order chi connectivity index (χ1) is 13.9. The number of methoxy groups -OCH3 is 1. The Kier molecular flexibility index (Phi) is 4.90. The summed E-state index contributed by atoms with van der Waals surface area (Å²) in [6.07, 6.45) is 0.899. The number of carbonyl (C=O) groups is 3. The van der Waals surface area contributed by atoms with Crippen molar-refractivity contribution in [2.24, 2.45) is 17.3 Å². The van der Waals surface area contributed by atoms with Gasteiger partial charge in [-0.1, -0.05) is 36.4 Å². The molecule has 1 aliphatic heterocycles. The van der Waals surface area contributed by atoms with Gasteiger partial charge >= 0.3 is 18.0 Å². The maximum Gasteiger partial charge on any atom is 0.317 e. The zero-order valence-electron chi connectivity index (χ0n) is 16.3. The number of rotatable bonds is 4. The molecule has 2 amide bonds. The summed E-state index contributed by atoms with van der Waals surface area (Å²) in [7, 11) is 1.34. The molecular formula is C22H24N2O5. The van der Waals surface area contributed by atoms with Gasteiger partial charge in [0.15, 0.2) is 0 Å². The molecule has 1 aliphatic carbocycles. The number of nitrogens with zero attached hydrogens (tertiary/aromatic N) is 1. The zero-order valence-corrected chi connectivity index (χ0v) is 16.3. The molecule has 7 heteroatoms. The lowest BCUT2D eigenvalue weighted by Crippen LogP contribution is -2.49. The van der Waals surface area contributed by atoms with E-state index >= 15 is 0 Å². The van der Waals surface area contributed by atoms with E-state index in [-0.39, 0.29) is 24.5 Å². The molecule has 2 aromatic rings. The molecule has 4 rings (SSSR count). The van der Waals surface area contributed by atoms with Crippen LogP contribution in [0.1, 0.15) is 18.4 Å². The molecule has 1 saturated carbocycles. The number of likely N-dealkylation sites (tertiary alicyclic amines) is 1. The number of ether oxygens (including phenoxy) is 1. The quantitative estimate of drug-likeness (QED) is 0.775. The van der Waals surface area contributed by atoms with E-state index in [2.05, 4.69) is 5.32 Å². The molecule has 1 unspecified atom stereocenters. The first-order valence-electron chi connectivity index (χ1n) is 9.73. The van der Waals surface area contributed by atoms with Crippen LogP contribution in [0.5, 0.6) is 0 Å². The summed E-state index contributed by atoms with van der Waals surface area (Å²) >= 11 is 0. The molecule has 2 aromatic carbocycles. The van der Waals surface area contributed by atoms with Gasteiger partial charge in [-0.3, -0.25) is 9.59 Å². The summed E-state index contributed by atoms with van der Waals surface area (Å²) in [6.45, 7) is 0.878. The number of hydrogen-bond donors (Lipinski definition) is 2. The fourth-order valence-corrected chi connectivity index (χ4v) is 4.77. The fourth-order valence-electron chi connectivity index (χ4n) is 4.77. The van der Waals surface area contributed by atoms with Crippen molar-refractivity contribution in [2.45, 2.75) is 19.4 Å². The number of benzene rings is 2. The van der Waals surface area contributed by atoms with E-state index in [9.17, 15) is 19.5 Å². The average Bonchev–Trinajstić information content (AvgIpc) is 3.11. The Morgan fingerprint density at radius 2 is 1.90 bits per heavy atom. The first kappa shape index (κ1) is 19.2. The van der Waals surface area contributed by atoms with Gasteiger partial charge in [-0.25, -0.2) is 4.79 Å². The minimum Gasteiger partial charge on any atom is -0.481 e. The van der Waals surface area contributed by atoms with Gasteiger partial charge in [0.25, 0.3) is 0 Å². The second-order valence-corrected chi connectivity index (χ2v) is 8.10. The van der Waals surface area contributed by atoms with Crippen LogP contribution in [0, 0.1) is 17.3 Å². The number of urea groups is 1. The van der Waals surface area contributed by atoms with Crippen LogP contribution in [0.2, 0.25) is 0 Å². The number of esters is 1. The predicted octanol–water partition coefficient (Wildman–Crippen LogP) is 2.64. The molecule has 152 valence electrons. The molecule has 29 heavy (non-hydrogen) atoms. The Morgan fingerprint density at radius 1 is 1.17 bits per heavy atom. The monoisotopic (exact) mass is 396 g/mol. The van der Waals surface area contributed by atoms with E-state index in [4.69, 9.17) is 4.74 Å². The Morgan fingerprint density at radius 3 is 2.59 bits per heavy atom. The number of carboxylic acids is 1. The van der Waals surface area contributed by atoms with Gasteiger partial charge in [-0.15, -0.1) is 0 Å². The van der Waals surface area contributed by atoms with Crippen molar-refractivity contribution in [1.82, 2.24) is 10.2 Å². The third-order valence-corrected chi connectivity index (χ3v) is 6.33. The minimum atomic E-state index is -0.918. The van der Waals surface area contributed by atoms with Crippen molar-refractivity contribution in [3.8, 4) is 0 Å². The minimum absolute atomic E-state index is 0.160. The Bertz CT molecular complexity index is 967. The lowest BCUT2D eigenvalue weighted by molar-refractivity contribution is -0.161. The first-order valence-corrected chi connectivity index (χ1v) is 9.73. The third kappa shape index (κ3) is 3.52. The number of amides is 2. The summed E-state index contributed by atoms with van der Waals surface area (Å²) in [5, 5.41) is 14.8. The Hall–Kier alpha value is -3.09. The Labute approximate surface area is 168 Å². The van der Waals surface area contributed by atoms with Crippen LogP contribution < -0.4 is 5.32 Å². The molecule has 0 aromatic heterocycles. The highest BCUT2D eigenvalue weighted by Crippen LogP contribution is 2.55. The number of fused-ring (bicyclic) bond motifs is 1. The summed E-state index contributed by atoms with van der Waals surface area (Å²) in [5.74, 6) is -2.16. The maximum absolute atomic E-state index is 12.7. The van der Waals surface area contributed by atoms with Crippen LogP contribution >= 0.6 is 0 Å². The number of nitrogens with one attached hydrogen (secondary N) is 1. The van der Waals surface area contributed by atoms with Gasteiger partial charge in [0.2, 0.25) is 0 Å². The highest BCUT2D eigenvalue weighted by atomic mass is 16.5. The molecule has 0 radical (unpaired) electrons. The number of aliphatic carboxylic acids is 1. The second-order valence-electron chi connectivity index (χ2n) is 8.10. The third-order valence-electron chi connectivity index (χ3n) is 6.33. The lowest BCUT2D eigenvalue weighted by Gasteiger charge is -2.45. The van der Waals surface area contributed by atoms with E-state index in [0.717, 1.165) is 16.3 Å². The van der Waals surface area contributed by atoms with Crippen LogP contribution in [-0.4, -0.2) is 48.2 Å². The van der Waals surface area contributed by atoms with Crippen LogP contribution in [0.25, 0.3) is 10.8 Å². The van der Waals surface area contributed by atoms with Gasteiger partial charge in [0.1, 0.15) is 0 Å². The van der Waals surface area contributed by atoms with Crippen LogP contribution in [0.4, 0.5) is 4.79 Å². The van der Waals surface area contributed by atoms with Gasteiger partial charge in [-0.2, -0.15) is 0 Å². The zero-order chi connectivity index (χ0) is 20.6. The summed E-state index contributed by atoms with van der Waals surface area (Å²) in [6, 6.07) is 13.8. The Balaban J connectivity index is 1.39. The normalized spacial score (nSPS) is 25.6. The molecular weight excluding hydrogens is 372 g/mol. The lowest BCUT2D eigenvalue weighted by atomic mass is 9.57. The molecule has 2 N–H and O–H groups in total. The highest BCUT2D eigenvalue weighted by Gasteiger charge is 2.60. The van der Waals surface area contributed by atoms with E-state index < -0.39 is 17.3 Å². The standard InChI is InChI=1S/C22H24N2O5/c1-29-20(27)17-9-22(10-17)13-24(12-18(22)19(25)26)21(28)23-11-14-6-7-15-4-2-3-5-16(15)8-14/h2-8,17-18H,9-13H2,1H3,(H,23,28)(H,25,26). The summed E-state index contributed by atoms with van der Waals surface area (Å²) < 4.78 is 4.77. The molecule has 1 heterocycles. The highest BCUT2D eigenvalue weighted by molar-refractivity contribution is 5.83. The van der Waals surface area contributed by atoms with E-state index in [1.54, 1.807) is 4.90 Å². The number of carbonyl (C=O) groups excluding carboxylic acids is 2. The maximum atomic E-state index is 12.7. The van der Waals surface area contributed by atoms with Crippen molar-refractivity contribution in [1.29, 1.82) is 0 Å². The van der Waals surface area contributed by atoms with Gasteiger partial charge in [-0.05, 0) is 35.2 Å². The van der Waals surface area contributed by atoms with E-state index in [1.807, 2.05) is 42.5 Å². The summed E-state index contributed by atoms with van der Waals surface area (Å²) in [5.41, 5.74) is 0.445. The smallest absolute Gasteiger partial charge is 0.317 e. The van der Waals surface area contributed by atoms with Crippen LogP contribution in [0.3, 0.4) is 0 Å². The van der Waals surface area contributed by atoms with Crippen molar-refractivity contribution in [3.63, 3.8) is 0 Å². The van der Waals surface area contributed by atoms with Gasteiger partial charge in [0.05, 0.1) is 18.9 Å². The molecule has 1 saturated heterocycles. The van der Waals surface area contributed by atoms with Crippen molar-refractivity contribution >= 4 is 28.7 Å². The molecule has 2 fully saturated rings. The van der Waals surface area contributed by atoms with Crippen molar-refractivity contribution in [2.75, 3.05) is 20.2 Å². The van der Waals surface area contributed by atoms with Crippen molar-refractivity contribution < 1.29 is 24.2 Å². The second kappa shape index (κ2) is 7.39. The van der Waals surface area contributed by atoms with Crippen LogP contribution in [0.15, 0.2) is 42.5 Å². The van der Waals surface area contributed by atoms with Crippen molar-refractivity contribution in [3.05, 3.63) is 48.0 Å². The van der Waals surface area contributed by atoms with E-state index in [0.29, 0.717) is 25.9 Å².